The van der Waals surface area contributed by atoms with Crippen molar-refractivity contribution in [1.82, 2.24) is 5.32 Å². The number of nitrogens with zero attached hydrogens (tertiary/aromatic N) is 2. The Hall–Kier alpha value is -2.00. The van der Waals surface area contributed by atoms with Gasteiger partial charge in [0.25, 0.3) is 5.91 Å². The summed E-state index contributed by atoms with van der Waals surface area (Å²) in [6.07, 6.45) is 4.72. The number of carbonyl (C=O) groups is 1. The van der Waals surface area contributed by atoms with Gasteiger partial charge in [-0.2, -0.15) is 4.73 Å². The zero-order valence-electron chi connectivity index (χ0n) is 14.9. The van der Waals surface area contributed by atoms with Gasteiger partial charge in [0.15, 0.2) is 6.20 Å². The van der Waals surface area contributed by atoms with Crippen molar-refractivity contribution in [3.8, 4) is 5.75 Å². The lowest BCUT2D eigenvalue weighted by Crippen LogP contribution is -2.49. The van der Waals surface area contributed by atoms with Gasteiger partial charge < -0.3 is 20.1 Å². The van der Waals surface area contributed by atoms with Crippen LogP contribution in [0.1, 0.15) is 13.8 Å². The van der Waals surface area contributed by atoms with Gasteiger partial charge in [-0.05, 0) is 54.2 Å². The third kappa shape index (κ3) is 5.25. The molecule has 0 fully saturated rings. The molecule has 0 saturated heterocycles. The SMILES string of the molecule is CON=CC(C)(C)NC(=O)C(Oc1ccc2c(cc(Br)c[n+]2[O-])c1)SC. The highest BCUT2D eigenvalue weighted by molar-refractivity contribution is 9.10. The molecule has 0 spiro atoms. The number of hydrogen-bond acceptors (Lipinski definition) is 6. The number of fused-ring (bicyclic) bond motifs is 1. The van der Waals surface area contributed by atoms with Crippen molar-refractivity contribution in [2.75, 3.05) is 13.4 Å². The van der Waals surface area contributed by atoms with Crippen molar-refractivity contribution >= 4 is 50.7 Å². The van der Waals surface area contributed by atoms with Crippen LogP contribution in [0.4, 0.5) is 0 Å². The van der Waals surface area contributed by atoms with Crippen LogP contribution in [0.25, 0.3) is 10.9 Å². The lowest BCUT2D eigenvalue weighted by molar-refractivity contribution is -0.577. The van der Waals surface area contributed by atoms with Crippen molar-refractivity contribution < 1.29 is 19.1 Å². The Labute approximate surface area is 164 Å². The monoisotopic (exact) mass is 441 g/mol. The lowest BCUT2D eigenvalue weighted by atomic mass is 10.1. The van der Waals surface area contributed by atoms with E-state index < -0.39 is 11.0 Å². The van der Waals surface area contributed by atoms with Crippen LogP contribution >= 0.6 is 27.7 Å². The summed E-state index contributed by atoms with van der Waals surface area (Å²) in [6.45, 7) is 3.59. The summed E-state index contributed by atoms with van der Waals surface area (Å²) in [5.74, 6) is 0.201. The van der Waals surface area contributed by atoms with Gasteiger partial charge in [0.1, 0.15) is 12.9 Å². The van der Waals surface area contributed by atoms with Gasteiger partial charge in [0.2, 0.25) is 11.0 Å². The highest BCUT2D eigenvalue weighted by atomic mass is 79.9. The first-order valence-corrected chi connectivity index (χ1v) is 9.75. The standard InChI is InChI=1S/C17H20BrN3O4S/c1-17(2,10-19-24-3)20-15(22)16(26-4)25-13-5-6-14-11(8-13)7-12(18)9-21(14)23/h5-10,16H,1-4H3,(H,20,22). The molecule has 9 heteroatoms. The maximum atomic E-state index is 12.5. The molecule has 0 aliphatic rings. The molecule has 2 rings (SSSR count). The number of carbonyl (C=O) groups excluding carboxylic acids is 1. The first kappa shape index (κ1) is 20.3. The summed E-state index contributed by atoms with van der Waals surface area (Å²) < 4.78 is 7.25. The van der Waals surface area contributed by atoms with E-state index in [0.29, 0.717) is 21.1 Å². The predicted molar refractivity (Wildman–Crippen MR) is 106 cm³/mol. The van der Waals surface area contributed by atoms with Crippen LogP contribution in [0.3, 0.4) is 0 Å². The van der Waals surface area contributed by atoms with Crippen LogP contribution < -0.4 is 14.8 Å². The van der Waals surface area contributed by atoms with E-state index in [2.05, 4.69) is 31.2 Å². The fourth-order valence-corrected chi connectivity index (χ4v) is 3.13. The van der Waals surface area contributed by atoms with Gasteiger partial charge in [-0.1, -0.05) is 5.16 Å². The van der Waals surface area contributed by atoms with E-state index in [1.54, 1.807) is 38.3 Å². The molecule has 26 heavy (non-hydrogen) atoms. The molecule has 1 heterocycles. The Morgan fingerprint density at radius 2 is 2.19 bits per heavy atom. The van der Waals surface area contributed by atoms with E-state index in [4.69, 9.17) is 4.74 Å². The van der Waals surface area contributed by atoms with Crippen LogP contribution in [-0.2, 0) is 9.63 Å². The maximum Gasteiger partial charge on any atom is 0.272 e. The second-order valence-electron chi connectivity index (χ2n) is 6.02. The molecule has 2 aromatic rings. The molecule has 0 radical (unpaired) electrons. The summed E-state index contributed by atoms with van der Waals surface area (Å²) in [7, 11) is 1.44. The average Bonchev–Trinajstić information content (AvgIpc) is 2.56. The molecular weight excluding hydrogens is 422 g/mol. The van der Waals surface area contributed by atoms with Gasteiger partial charge >= 0.3 is 0 Å². The molecule has 1 amide bonds. The first-order chi connectivity index (χ1) is 12.3. The van der Waals surface area contributed by atoms with Crippen molar-refractivity contribution in [2.45, 2.75) is 24.8 Å². The van der Waals surface area contributed by atoms with E-state index in [-0.39, 0.29) is 5.91 Å². The molecule has 7 nitrogen and oxygen atoms in total. The molecule has 1 aromatic carbocycles. The largest absolute Gasteiger partial charge is 0.618 e. The van der Waals surface area contributed by atoms with E-state index in [0.717, 1.165) is 4.73 Å². The first-order valence-electron chi connectivity index (χ1n) is 7.67. The summed E-state index contributed by atoms with van der Waals surface area (Å²) in [5, 5.41) is 19.1. The number of amides is 1. The number of thioether (sulfide) groups is 1. The molecule has 0 bridgehead atoms. The predicted octanol–water partition coefficient (Wildman–Crippen LogP) is 2.83. The normalized spacial score (nSPS) is 13.0. The number of benzene rings is 1. The zero-order valence-corrected chi connectivity index (χ0v) is 17.3. The van der Waals surface area contributed by atoms with E-state index in [1.807, 2.05) is 6.07 Å². The van der Waals surface area contributed by atoms with E-state index in [9.17, 15) is 10.0 Å². The fourth-order valence-electron chi connectivity index (χ4n) is 2.22. The average molecular weight is 442 g/mol. The minimum Gasteiger partial charge on any atom is -0.618 e. The third-order valence-corrected chi connectivity index (χ3v) is 4.54. The summed E-state index contributed by atoms with van der Waals surface area (Å²) in [6, 6.07) is 6.87. The number of hydrogen-bond donors (Lipinski definition) is 1. The second-order valence-corrected chi connectivity index (χ2v) is 7.83. The van der Waals surface area contributed by atoms with E-state index >= 15 is 0 Å². The fraction of sp³-hybridized carbons (Fsp3) is 0.353. The Morgan fingerprint density at radius 1 is 1.46 bits per heavy atom. The zero-order chi connectivity index (χ0) is 19.3. The minimum absolute atomic E-state index is 0.293. The molecule has 1 unspecified atom stereocenters. The number of nitrogens with one attached hydrogen (secondary N) is 1. The topological polar surface area (TPSA) is 86.9 Å². The number of pyridine rings is 1. The summed E-state index contributed by atoms with van der Waals surface area (Å²) in [5.41, 5.74) is -0.927. The number of oxime groups is 1. The van der Waals surface area contributed by atoms with Crippen LogP contribution in [0.2, 0.25) is 0 Å². The summed E-state index contributed by atoms with van der Waals surface area (Å²) in [4.78, 5) is 17.2. The number of rotatable bonds is 7. The molecule has 1 atom stereocenters. The van der Waals surface area contributed by atoms with Crippen LogP contribution in [0.5, 0.6) is 5.75 Å². The molecule has 1 aromatic heterocycles. The van der Waals surface area contributed by atoms with Gasteiger partial charge in [-0.15, -0.1) is 11.8 Å². The molecule has 140 valence electrons. The Bertz CT molecular complexity index is 829. The summed E-state index contributed by atoms with van der Waals surface area (Å²) >= 11 is 4.56. The molecule has 1 N–H and O–H groups in total. The Morgan fingerprint density at radius 3 is 2.85 bits per heavy atom. The highest BCUT2D eigenvalue weighted by Crippen LogP contribution is 2.24. The number of ether oxygens (including phenoxy) is 1. The third-order valence-electron chi connectivity index (χ3n) is 3.37. The maximum absolute atomic E-state index is 12.5. The van der Waals surface area contributed by atoms with Crippen molar-refractivity contribution in [3.63, 3.8) is 0 Å². The van der Waals surface area contributed by atoms with Crippen LogP contribution in [-0.4, -0.2) is 36.5 Å². The minimum atomic E-state index is -0.755. The number of aromatic nitrogens is 1. The number of halogens is 1. The molecular formula is C17H20BrN3O4S. The van der Waals surface area contributed by atoms with Crippen molar-refractivity contribution in [3.05, 3.63) is 40.1 Å². The molecule has 0 saturated carbocycles. The van der Waals surface area contributed by atoms with E-state index in [1.165, 1.54) is 31.3 Å². The van der Waals surface area contributed by atoms with Gasteiger partial charge in [0, 0.05) is 6.07 Å². The van der Waals surface area contributed by atoms with Gasteiger partial charge in [-0.25, -0.2) is 0 Å². The second kappa shape index (κ2) is 8.59. The Kier molecular flexibility index (Phi) is 6.71. The lowest BCUT2D eigenvalue weighted by Gasteiger charge is -2.24. The van der Waals surface area contributed by atoms with Crippen LogP contribution in [0, 0.1) is 5.21 Å². The van der Waals surface area contributed by atoms with Crippen molar-refractivity contribution in [1.29, 1.82) is 0 Å². The quantitative estimate of drug-likeness (QED) is 0.234. The van der Waals surface area contributed by atoms with Gasteiger partial charge in [-0.3, -0.25) is 4.79 Å². The Balaban J connectivity index is 2.18. The molecule has 0 aliphatic carbocycles. The van der Waals surface area contributed by atoms with Crippen LogP contribution in [0.15, 0.2) is 40.1 Å². The van der Waals surface area contributed by atoms with Gasteiger partial charge in [0.05, 0.1) is 21.6 Å². The highest BCUT2D eigenvalue weighted by Gasteiger charge is 2.26. The van der Waals surface area contributed by atoms with Crippen molar-refractivity contribution in [2.24, 2.45) is 5.16 Å². The molecule has 0 aliphatic heterocycles. The smallest absolute Gasteiger partial charge is 0.272 e.